The molecule has 18 heavy (non-hydrogen) atoms. The Kier molecular flexibility index (Phi) is 4.36. The molecular formula is C13H21N3O2. The molecule has 0 amide bonds. The molecule has 5 heteroatoms. The lowest BCUT2D eigenvalue weighted by molar-refractivity contribution is 0.0233. The number of hydrogen-bond acceptors (Lipinski definition) is 5. The summed E-state index contributed by atoms with van der Waals surface area (Å²) in [6.45, 7) is 5.51. The quantitative estimate of drug-likeness (QED) is 0.884. The molecule has 5 nitrogen and oxygen atoms in total. The van der Waals surface area contributed by atoms with Gasteiger partial charge >= 0.3 is 0 Å². The highest BCUT2D eigenvalue weighted by Gasteiger charge is 2.18. The lowest BCUT2D eigenvalue weighted by Gasteiger charge is -2.23. The number of nitrogens with two attached hydrogens (primary N) is 1. The Bertz CT molecular complexity index is 403. The van der Waals surface area contributed by atoms with E-state index in [9.17, 15) is 0 Å². The van der Waals surface area contributed by atoms with Crippen molar-refractivity contribution in [2.75, 3.05) is 18.9 Å². The van der Waals surface area contributed by atoms with Gasteiger partial charge in [-0.2, -0.15) is 4.98 Å². The molecule has 2 heterocycles. The van der Waals surface area contributed by atoms with E-state index in [0.717, 1.165) is 50.3 Å². The minimum Gasteiger partial charge on any atom is -0.474 e. The summed E-state index contributed by atoms with van der Waals surface area (Å²) in [5, 5.41) is 0. The third kappa shape index (κ3) is 3.10. The van der Waals surface area contributed by atoms with Crippen molar-refractivity contribution in [3.63, 3.8) is 0 Å². The summed E-state index contributed by atoms with van der Waals surface area (Å²) < 4.78 is 11.3. The van der Waals surface area contributed by atoms with Crippen molar-refractivity contribution in [3.8, 4) is 5.88 Å². The molecule has 0 radical (unpaired) electrons. The van der Waals surface area contributed by atoms with Crippen LogP contribution in [-0.4, -0.2) is 29.3 Å². The molecule has 1 aliphatic rings. The molecular weight excluding hydrogens is 230 g/mol. The van der Waals surface area contributed by atoms with Crippen molar-refractivity contribution < 1.29 is 9.47 Å². The van der Waals surface area contributed by atoms with Gasteiger partial charge in [-0.3, -0.25) is 0 Å². The van der Waals surface area contributed by atoms with Crippen LogP contribution in [0.25, 0.3) is 0 Å². The monoisotopic (exact) mass is 251 g/mol. The van der Waals surface area contributed by atoms with Crippen LogP contribution in [-0.2, 0) is 11.2 Å². The lowest BCUT2D eigenvalue weighted by Crippen LogP contribution is -2.27. The van der Waals surface area contributed by atoms with E-state index in [2.05, 4.69) is 16.9 Å². The number of aromatic nitrogens is 2. The number of anilines is 1. The zero-order valence-electron chi connectivity index (χ0n) is 11.1. The Balaban J connectivity index is 2.14. The molecule has 1 aliphatic heterocycles. The van der Waals surface area contributed by atoms with Crippen LogP contribution >= 0.6 is 0 Å². The number of nitrogen functional groups attached to an aromatic ring is 1. The molecule has 100 valence electrons. The van der Waals surface area contributed by atoms with E-state index >= 15 is 0 Å². The molecule has 1 aromatic heterocycles. The highest BCUT2D eigenvalue weighted by atomic mass is 16.5. The average Bonchev–Trinajstić information content (AvgIpc) is 2.37. The molecule has 0 aromatic carbocycles. The molecule has 0 spiro atoms. The fourth-order valence-corrected chi connectivity index (χ4v) is 1.96. The Morgan fingerprint density at radius 3 is 2.72 bits per heavy atom. The Morgan fingerprint density at radius 1 is 1.33 bits per heavy atom. The van der Waals surface area contributed by atoms with Crippen molar-refractivity contribution in [2.24, 2.45) is 0 Å². The predicted molar refractivity (Wildman–Crippen MR) is 69.6 cm³/mol. The average molecular weight is 251 g/mol. The first-order valence-electron chi connectivity index (χ1n) is 6.58. The first-order valence-corrected chi connectivity index (χ1v) is 6.58. The largest absolute Gasteiger partial charge is 0.474 e. The third-order valence-corrected chi connectivity index (χ3v) is 3.11. The second-order valence-corrected chi connectivity index (χ2v) is 4.63. The van der Waals surface area contributed by atoms with Crippen molar-refractivity contribution in [3.05, 3.63) is 11.4 Å². The molecule has 0 saturated carbocycles. The number of rotatable bonds is 4. The van der Waals surface area contributed by atoms with E-state index in [4.69, 9.17) is 15.2 Å². The van der Waals surface area contributed by atoms with E-state index in [1.165, 1.54) is 0 Å². The summed E-state index contributed by atoms with van der Waals surface area (Å²) >= 11 is 0. The molecule has 0 unspecified atom stereocenters. The second kappa shape index (κ2) is 6.00. The van der Waals surface area contributed by atoms with Gasteiger partial charge in [-0.15, -0.1) is 0 Å². The third-order valence-electron chi connectivity index (χ3n) is 3.11. The highest BCUT2D eigenvalue weighted by molar-refractivity contribution is 5.44. The van der Waals surface area contributed by atoms with Gasteiger partial charge in [-0.1, -0.05) is 6.92 Å². The van der Waals surface area contributed by atoms with Crippen molar-refractivity contribution >= 4 is 5.82 Å². The number of aryl methyl sites for hydroxylation is 1. The van der Waals surface area contributed by atoms with Gasteiger partial charge in [-0.25, -0.2) is 4.98 Å². The van der Waals surface area contributed by atoms with E-state index < -0.39 is 0 Å². The van der Waals surface area contributed by atoms with Gasteiger partial charge in [0.2, 0.25) is 5.88 Å². The second-order valence-electron chi connectivity index (χ2n) is 4.63. The van der Waals surface area contributed by atoms with E-state index in [1.807, 2.05) is 6.92 Å². The van der Waals surface area contributed by atoms with Crippen LogP contribution in [0, 0.1) is 6.92 Å². The SMILES string of the molecule is CCCc1nc(N)c(C)c(OC2CCOCC2)n1. The Morgan fingerprint density at radius 2 is 2.06 bits per heavy atom. The number of ether oxygens (including phenoxy) is 2. The topological polar surface area (TPSA) is 70.3 Å². The van der Waals surface area contributed by atoms with Gasteiger partial charge in [-0.05, 0) is 13.3 Å². The molecule has 2 N–H and O–H groups in total. The number of hydrogen-bond donors (Lipinski definition) is 1. The minimum atomic E-state index is 0.182. The minimum absolute atomic E-state index is 0.182. The van der Waals surface area contributed by atoms with E-state index in [1.54, 1.807) is 0 Å². The van der Waals surface area contributed by atoms with Crippen LogP contribution in [0.15, 0.2) is 0 Å². The summed E-state index contributed by atoms with van der Waals surface area (Å²) in [5.41, 5.74) is 6.74. The molecule has 0 aliphatic carbocycles. The predicted octanol–water partition coefficient (Wildman–Crippen LogP) is 1.88. The highest BCUT2D eigenvalue weighted by Crippen LogP contribution is 2.23. The molecule has 0 atom stereocenters. The summed E-state index contributed by atoms with van der Waals surface area (Å²) in [6, 6.07) is 0. The Labute approximate surface area is 108 Å². The van der Waals surface area contributed by atoms with Crippen molar-refractivity contribution in [1.82, 2.24) is 9.97 Å². The Hall–Kier alpha value is -1.36. The van der Waals surface area contributed by atoms with Crippen LogP contribution < -0.4 is 10.5 Å². The maximum absolute atomic E-state index is 5.94. The first-order chi connectivity index (χ1) is 8.70. The summed E-state index contributed by atoms with van der Waals surface area (Å²) in [5.74, 6) is 1.93. The fraction of sp³-hybridized carbons (Fsp3) is 0.692. The van der Waals surface area contributed by atoms with Crippen LogP contribution in [0.5, 0.6) is 5.88 Å². The van der Waals surface area contributed by atoms with Crippen molar-refractivity contribution in [1.29, 1.82) is 0 Å². The zero-order chi connectivity index (χ0) is 13.0. The normalized spacial score (nSPS) is 16.8. The van der Waals surface area contributed by atoms with Gasteiger partial charge in [0.15, 0.2) is 0 Å². The molecule has 0 bridgehead atoms. The van der Waals surface area contributed by atoms with Gasteiger partial charge in [0.25, 0.3) is 0 Å². The van der Waals surface area contributed by atoms with E-state index in [0.29, 0.717) is 11.7 Å². The van der Waals surface area contributed by atoms with E-state index in [-0.39, 0.29) is 6.10 Å². The van der Waals surface area contributed by atoms with Crippen LogP contribution in [0.4, 0.5) is 5.82 Å². The maximum atomic E-state index is 5.94. The standard InChI is InChI=1S/C13H21N3O2/c1-3-4-11-15-12(14)9(2)13(16-11)18-10-5-7-17-8-6-10/h10H,3-8H2,1-2H3,(H2,14,15,16). The smallest absolute Gasteiger partial charge is 0.222 e. The van der Waals surface area contributed by atoms with Gasteiger partial charge in [0, 0.05) is 19.3 Å². The molecule has 1 aromatic rings. The summed E-state index contributed by atoms with van der Waals surface area (Å²) in [4.78, 5) is 8.74. The summed E-state index contributed by atoms with van der Waals surface area (Å²) in [6.07, 6.45) is 3.83. The maximum Gasteiger partial charge on any atom is 0.222 e. The number of nitrogens with zero attached hydrogens (tertiary/aromatic N) is 2. The molecule has 1 saturated heterocycles. The fourth-order valence-electron chi connectivity index (χ4n) is 1.96. The molecule has 1 fully saturated rings. The van der Waals surface area contributed by atoms with Crippen LogP contribution in [0.1, 0.15) is 37.6 Å². The summed E-state index contributed by atoms with van der Waals surface area (Å²) in [7, 11) is 0. The van der Waals surface area contributed by atoms with Gasteiger partial charge in [0.05, 0.1) is 18.8 Å². The van der Waals surface area contributed by atoms with Crippen LogP contribution in [0.2, 0.25) is 0 Å². The van der Waals surface area contributed by atoms with Gasteiger partial charge in [0.1, 0.15) is 17.7 Å². The van der Waals surface area contributed by atoms with Crippen molar-refractivity contribution in [2.45, 2.75) is 45.6 Å². The van der Waals surface area contributed by atoms with Crippen LogP contribution in [0.3, 0.4) is 0 Å². The molecule has 2 rings (SSSR count). The lowest BCUT2D eigenvalue weighted by atomic mass is 10.1. The van der Waals surface area contributed by atoms with Gasteiger partial charge < -0.3 is 15.2 Å². The zero-order valence-corrected chi connectivity index (χ0v) is 11.1. The first kappa shape index (κ1) is 13.1.